The molecule has 2 aromatic carbocycles. The standard InChI is InChI=1S/C21H26N2O3S/c1-17-15-19-12-6-7-13-20(19)23(17)21(24)16-22(27(2,25)26)14-8-11-18-9-4-3-5-10-18/h3-7,9-10,12-13,17H,8,11,14-16H2,1-2H3. The molecular formula is C21H26N2O3S. The summed E-state index contributed by atoms with van der Waals surface area (Å²) in [6.45, 7) is 2.22. The van der Waals surface area contributed by atoms with E-state index in [2.05, 4.69) is 0 Å². The molecule has 3 rings (SSSR count). The third kappa shape index (κ3) is 4.76. The molecule has 27 heavy (non-hydrogen) atoms. The maximum atomic E-state index is 12.9. The van der Waals surface area contributed by atoms with Crippen LogP contribution in [0.4, 0.5) is 5.69 Å². The highest BCUT2D eigenvalue weighted by Crippen LogP contribution is 2.31. The fourth-order valence-corrected chi connectivity index (χ4v) is 4.44. The molecule has 0 spiro atoms. The zero-order valence-corrected chi connectivity index (χ0v) is 16.7. The number of hydrogen-bond acceptors (Lipinski definition) is 3. The van der Waals surface area contributed by atoms with E-state index in [0.717, 1.165) is 24.1 Å². The highest BCUT2D eigenvalue weighted by atomic mass is 32.2. The number of hydrogen-bond donors (Lipinski definition) is 0. The van der Waals surface area contributed by atoms with Crippen molar-refractivity contribution in [3.8, 4) is 0 Å². The average Bonchev–Trinajstić information content (AvgIpc) is 2.96. The van der Waals surface area contributed by atoms with Crippen molar-refractivity contribution >= 4 is 21.6 Å². The van der Waals surface area contributed by atoms with Crippen LogP contribution in [0.5, 0.6) is 0 Å². The van der Waals surface area contributed by atoms with E-state index < -0.39 is 10.0 Å². The first-order chi connectivity index (χ1) is 12.9. The van der Waals surface area contributed by atoms with E-state index in [9.17, 15) is 13.2 Å². The number of carbonyl (C=O) groups is 1. The van der Waals surface area contributed by atoms with Crippen molar-refractivity contribution in [2.45, 2.75) is 32.2 Å². The molecule has 0 radical (unpaired) electrons. The molecule has 0 fully saturated rings. The number of benzene rings is 2. The number of nitrogens with zero attached hydrogens (tertiary/aromatic N) is 2. The van der Waals surface area contributed by atoms with Gasteiger partial charge in [0.15, 0.2) is 0 Å². The average molecular weight is 387 g/mol. The minimum Gasteiger partial charge on any atom is -0.308 e. The topological polar surface area (TPSA) is 57.7 Å². The Bertz CT molecular complexity index is 897. The number of carbonyl (C=O) groups excluding carboxylic acids is 1. The molecule has 1 amide bonds. The smallest absolute Gasteiger partial charge is 0.242 e. The van der Waals surface area contributed by atoms with Crippen molar-refractivity contribution in [2.75, 3.05) is 24.2 Å². The van der Waals surface area contributed by atoms with Gasteiger partial charge in [-0.05, 0) is 43.4 Å². The quantitative estimate of drug-likeness (QED) is 0.735. The van der Waals surface area contributed by atoms with Gasteiger partial charge < -0.3 is 4.90 Å². The van der Waals surface area contributed by atoms with Crippen LogP contribution in [0.1, 0.15) is 24.5 Å². The van der Waals surface area contributed by atoms with Gasteiger partial charge in [-0.2, -0.15) is 4.31 Å². The molecule has 0 bridgehead atoms. The van der Waals surface area contributed by atoms with Crippen molar-refractivity contribution in [2.24, 2.45) is 0 Å². The number of rotatable bonds is 7. The molecule has 2 aromatic rings. The third-order valence-corrected chi connectivity index (χ3v) is 6.22. The van der Waals surface area contributed by atoms with Gasteiger partial charge in [0.25, 0.3) is 0 Å². The van der Waals surface area contributed by atoms with E-state index in [-0.39, 0.29) is 18.5 Å². The van der Waals surface area contributed by atoms with Crippen LogP contribution >= 0.6 is 0 Å². The summed E-state index contributed by atoms with van der Waals surface area (Å²) in [5.41, 5.74) is 3.19. The van der Waals surface area contributed by atoms with Crippen molar-refractivity contribution in [3.63, 3.8) is 0 Å². The number of aryl methyl sites for hydroxylation is 1. The monoisotopic (exact) mass is 386 g/mol. The largest absolute Gasteiger partial charge is 0.308 e. The summed E-state index contributed by atoms with van der Waals surface area (Å²) in [7, 11) is -3.45. The second-order valence-electron chi connectivity index (χ2n) is 7.13. The molecule has 0 aliphatic carbocycles. The van der Waals surface area contributed by atoms with Gasteiger partial charge in [0.05, 0.1) is 12.8 Å². The Morgan fingerprint density at radius 2 is 1.78 bits per heavy atom. The molecule has 0 saturated carbocycles. The molecule has 0 aromatic heterocycles. The van der Waals surface area contributed by atoms with Crippen molar-refractivity contribution < 1.29 is 13.2 Å². The van der Waals surface area contributed by atoms with E-state index in [0.29, 0.717) is 13.0 Å². The zero-order chi connectivity index (χ0) is 19.4. The highest BCUT2D eigenvalue weighted by Gasteiger charge is 2.32. The van der Waals surface area contributed by atoms with Crippen LogP contribution in [-0.2, 0) is 27.7 Å². The lowest BCUT2D eigenvalue weighted by Crippen LogP contribution is -2.45. The van der Waals surface area contributed by atoms with E-state index in [1.807, 2.05) is 61.5 Å². The first-order valence-corrected chi connectivity index (χ1v) is 11.1. The summed E-state index contributed by atoms with van der Waals surface area (Å²) in [4.78, 5) is 14.7. The molecular weight excluding hydrogens is 360 g/mol. The predicted molar refractivity (Wildman–Crippen MR) is 108 cm³/mol. The molecule has 144 valence electrons. The Morgan fingerprint density at radius 1 is 1.11 bits per heavy atom. The first-order valence-electron chi connectivity index (χ1n) is 9.25. The number of anilines is 1. The second kappa shape index (κ2) is 8.23. The van der Waals surface area contributed by atoms with Crippen molar-refractivity contribution in [1.82, 2.24) is 4.31 Å². The fraction of sp³-hybridized carbons (Fsp3) is 0.381. The number of fused-ring (bicyclic) bond motifs is 1. The van der Waals surface area contributed by atoms with Crippen LogP contribution in [0, 0.1) is 0 Å². The van der Waals surface area contributed by atoms with Crippen LogP contribution in [0.2, 0.25) is 0 Å². The van der Waals surface area contributed by atoms with Crippen molar-refractivity contribution in [3.05, 3.63) is 65.7 Å². The molecule has 6 heteroatoms. The van der Waals surface area contributed by atoms with Gasteiger partial charge >= 0.3 is 0 Å². The molecule has 1 heterocycles. The van der Waals surface area contributed by atoms with Gasteiger partial charge in [-0.3, -0.25) is 4.79 Å². The lowest BCUT2D eigenvalue weighted by atomic mass is 10.1. The summed E-state index contributed by atoms with van der Waals surface area (Å²) in [5, 5.41) is 0. The summed E-state index contributed by atoms with van der Waals surface area (Å²) in [5.74, 6) is -0.169. The Hall–Kier alpha value is -2.18. The fourth-order valence-electron chi connectivity index (χ4n) is 3.64. The predicted octanol–water partition coefficient (Wildman–Crippen LogP) is 2.86. The van der Waals surface area contributed by atoms with E-state index >= 15 is 0 Å². The number of sulfonamides is 1. The maximum absolute atomic E-state index is 12.9. The van der Waals surface area contributed by atoms with Crippen LogP contribution < -0.4 is 4.90 Å². The molecule has 1 aliphatic heterocycles. The molecule has 0 saturated heterocycles. The molecule has 5 nitrogen and oxygen atoms in total. The van der Waals surface area contributed by atoms with Gasteiger partial charge in [-0.15, -0.1) is 0 Å². The summed E-state index contributed by atoms with van der Waals surface area (Å²) in [6.07, 6.45) is 3.43. The normalized spacial score (nSPS) is 16.6. The Balaban J connectivity index is 1.67. The van der Waals surface area contributed by atoms with E-state index in [1.165, 1.54) is 16.1 Å². The lowest BCUT2D eigenvalue weighted by Gasteiger charge is -2.26. The summed E-state index contributed by atoms with van der Waals surface area (Å²) < 4.78 is 25.7. The van der Waals surface area contributed by atoms with Gasteiger partial charge in [0.2, 0.25) is 15.9 Å². The zero-order valence-electron chi connectivity index (χ0n) is 15.8. The van der Waals surface area contributed by atoms with Crippen LogP contribution in [0.3, 0.4) is 0 Å². The van der Waals surface area contributed by atoms with Gasteiger partial charge in [-0.1, -0.05) is 48.5 Å². The molecule has 1 unspecified atom stereocenters. The maximum Gasteiger partial charge on any atom is 0.242 e. The van der Waals surface area contributed by atoms with E-state index in [4.69, 9.17) is 0 Å². The first kappa shape index (κ1) is 19.6. The Morgan fingerprint density at radius 3 is 2.48 bits per heavy atom. The SMILES string of the molecule is CC1Cc2ccccc2N1C(=O)CN(CCCc1ccccc1)S(C)(=O)=O. The Kier molecular flexibility index (Phi) is 5.97. The number of amides is 1. The van der Waals surface area contributed by atoms with Gasteiger partial charge in [-0.25, -0.2) is 8.42 Å². The van der Waals surface area contributed by atoms with Crippen LogP contribution in [-0.4, -0.2) is 44.0 Å². The van der Waals surface area contributed by atoms with Crippen LogP contribution in [0.15, 0.2) is 54.6 Å². The summed E-state index contributed by atoms with van der Waals surface area (Å²) in [6, 6.07) is 17.8. The minimum atomic E-state index is -3.45. The summed E-state index contributed by atoms with van der Waals surface area (Å²) >= 11 is 0. The molecule has 1 atom stereocenters. The highest BCUT2D eigenvalue weighted by molar-refractivity contribution is 7.88. The lowest BCUT2D eigenvalue weighted by molar-refractivity contribution is -0.119. The van der Waals surface area contributed by atoms with E-state index in [1.54, 1.807) is 4.90 Å². The van der Waals surface area contributed by atoms with Gasteiger partial charge in [0.1, 0.15) is 0 Å². The molecule has 1 aliphatic rings. The third-order valence-electron chi connectivity index (χ3n) is 4.97. The second-order valence-corrected chi connectivity index (χ2v) is 9.11. The van der Waals surface area contributed by atoms with Gasteiger partial charge in [0, 0.05) is 18.3 Å². The van der Waals surface area contributed by atoms with Crippen LogP contribution in [0.25, 0.3) is 0 Å². The van der Waals surface area contributed by atoms with Crippen molar-refractivity contribution in [1.29, 1.82) is 0 Å². The number of para-hydroxylation sites is 1. The molecule has 0 N–H and O–H groups in total. The Labute approximate surface area is 161 Å². The minimum absolute atomic E-state index is 0.0422.